The van der Waals surface area contributed by atoms with Gasteiger partial charge in [0.1, 0.15) is 5.75 Å². The van der Waals surface area contributed by atoms with Crippen molar-refractivity contribution >= 4 is 0 Å². The third-order valence-electron chi connectivity index (χ3n) is 4.27. The average molecular weight is 311 g/mol. The molecule has 2 nitrogen and oxygen atoms in total. The van der Waals surface area contributed by atoms with Gasteiger partial charge in [-0.15, -0.1) is 0 Å². The van der Waals surface area contributed by atoms with E-state index < -0.39 is 0 Å². The molecular formula is C21H29NO. The van der Waals surface area contributed by atoms with Gasteiger partial charge in [-0.1, -0.05) is 62.2 Å². The van der Waals surface area contributed by atoms with Crippen molar-refractivity contribution in [3.63, 3.8) is 0 Å². The van der Waals surface area contributed by atoms with Crippen LogP contribution in [0, 0.1) is 0 Å². The van der Waals surface area contributed by atoms with Crippen molar-refractivity contribution in [1.82, 2.24) is 5.32 Å². The Kier molecular flexibility index (Phi) is 7.15. The van der Waals surface area contributed by atoms with Gasteiger partial charge in [0.05, 0.1) is 0 Å². The fourth-order valence-corrected chi connectivity index (χ4v) is 2.79. The van der Waals surface area contributed by atoms with E-state index >= 15 is 0 Å². The number of benzene rings is 2. The summed E-state index contributed by atoms with van der Waals surface area (Å²) in [6, 6.07) is 16.9. The van der Waals surface area contributed by atoms with Crippen molar-refractivity contribution in [2.45, 2.75) is 58.5 Å². The van der Waals surface area contributed by atoms with Crippen LogP contribution in [0.15, 0.2) is 48.5 Å². The van der Waals surface area contributed by atoms with Crippen LogP contribution < -0.4 is 5.32 Å². The smallest absolute Gasteiger partial charge is 0.120 e. The van der Waals surface area contributed by atoms with Crippen LogP contribution in [0.3, 0.4) is 0 Å². The molecule has 2 heteroatoms. The summed E-state index contributed by atoms with van der Waals surface area (Å²) in [5, 5.41) is 13.3. The quantitative estimate of drug-likeness (QED) is 0.649. The Morgan fingerprint density at radius 1 is 0.957 bits per heavy atom. The first-order valence-electron chi connectivity index (χ1n) is 8.77. The molecule has 2 N–H and O–H groups in total. The summed E-state index contributed by atoms with van der Waals surface area (Å²) >= 11 is 0. The minimum atomic E-state index is 0.364. The summed E-state index contributed by atoms with van der Waals surface area (Å²) in [7, 11) is 0. The lowest BCUT2D eigenvalue weighted by Gasteiger charge is -2.15. The Hall–Kier alpha value is -1.80. The molecule has 0 bridgehead atoms. The normalized spacial score (nSPS) is 12.3. The Morgan fingerprint density at radius 3 is 2.35 bits per heavy atom. The monoisotopic (exact) mass is 311 g/mol. The lowest BCUT2D eigenvalue weighted by atomic mass is 10.0. The molecule has 1 unspecified atom stereocenters. The number of para-hydroxylation sites is 1. The fourth-order valence-electron chi connectivity index (χ4n) is 2.79. The summed E-state index contributed by atoms with van der Waals surface area (Å²) in [6.07, 6.45) is 6.07. The van der Waals surface area contributed by atoms with Gasteiger partial charge in [0.25, 0.3) is 0 Å². The zero-order chi connectivity index (χ0) is 16.5. The van der Waals surface area contributed by atoms with Gasteiger partial charge in [-0.25, -0.2) is 0 Å². The Morgan fingerprint density at radius 2 is 1.65 bits per heavy atom. The lowest BCUT2D eigenvalue weighted by molar-refractivity contribution is 0.458. The van der Waals surface area contributed by atoms with Crippen LogP contribution in [0.1, 0.15) is 49.8 Å². The zero-order valence-corrected chi connectivity index (χ0v) is 14.4. The van der Waals surface area contributed by atoms with Crippen LogP contribution in [-0.4, -0.2) is 11.1 Å². The Balaban J connectivity index is 1.78. The third-order valence-corrected chi connectivity index (χ3v) is 4.27. The molecule has 0 aliphatic heterocycles. The van der Waals surface area contributed by atoms with E-state index in [1.807, 2.05) is 18.2 Å². The molecule has 2 aromatic carbocycles. The molecule has 23 heavy (non-hydrogen) atoms. The Bertz CT molecular complexity index is 577. The van der Waals surface area contributed by atoms with Crippen molar-refractivity contribution in [3.8, 4) is 5.75 Å². The molecule has 124 valence electrons. The molecule has 0 fully saturated rings. The van der Waals surface area contributed by atoms with Crippen LogP contribution in [0.5, 0.6) is 5.75 Å². The SMILES string of the molecule is CCCCCc1ccc(CC(C)NCc2ccccc2O)cc1. The molecular weight excluding hydrogens is 282 g/mol. The van der Waals surface area contributed by atoms with Crippen molar-refractivity contribution in [2.75, 3.05) is 0 Å². The maximum atomic E-state index is 9.79. The zero-order valence-electron chi connectivity index (χ0n) is 14.4. The van der Waals surface area contributed by atoms with E-state index in [1.54, 1.807) is 6.07 Å². The number of phenols is 1. The molecule has 0 spiro atoms. The largest absolute Gasteiger partial charge is 0.508 e. The first-order valence-corrected chi connectivity index (χ1v) is 8.77. The molecule has 2 aromatic rings. The molecule has 0 heterocycles. The van der Waals surface area contributed by atoms with E-state index in [0.717, 1.165) is 12.0 Å². The topological polar surface area (TPSA) is 32.3 Å². The molecule has 0 saturated carbocycles. The maximum Gasteiger partial charge on any atom is 0.120 e. The Labute approximate surface area is 140 Å². The second kappa shape index (κ2) is 9.36. The molecule has 2 rings (SSSR count). The van der Waals surface area contributed by atoms with Gasteiger partial charge in [-0.3, -0.25) is 0 Å². The van der Waals surface area contributed by atoms with Crippen molar-refractivity contribution in [1.29, 1.82) is 0 Å². The van der Waals surface area contributed by atoms with E-state index in [9.17, 15) is 5.11 Å². The molecule has 0 radical (unpaired) electrons. The number of aromatic hydroxyl groups is 1. The number of hydrogen-bond acceptors (Lipinski definition) is 2. The number of rotatable bonds is 9. The van der Waals surface area contributed by atoms with Gasteiger partial charge in [0, 0.05) is 18.2 Å². The molecule has 1 atom stereocenters. The number of aryl methyl sites for hydroxylation is 1. The first-order chi connectivity index (χ1) is 11.2. The van der Waals surface area contributed by atoms with E-state index in [-0.39, 0.29) is 0 Å². The van der Waals surface area contributed by atoms with E-state index in [4.69, 9.17) is 0 Å². The molecule has 0 amide bonds. The number of hydrogen-bond donors (Lipinski definition) is 2. The highest BCUT2D eigenvalue weighted by molar-refractivity contribution is 5.31. The van der Waals surface area contributed by atoms with Gasteiger partial charge in [-0.05, 0) is 43.4 Å². The van der Waals surface area contributed by atoms with Crippen LogP contribution >= 0.6 is 0 Å². The third kappa shape index (κ3) is 6.07. The molecule has 0 saturated heterocycles. The van der Waals surface area contributed by atoms with Crippen LogP contribution in [0.2, 0.25) is 0 Å². The minimum absolute atomic E-state index is 0.364. The van der Waals surface area contributed by atoms with Crippen LogP contribution in [0.4, 0.5) is 0 Å². The van der Waals surface area contributed by atoms with Crippen molar-refractivity contribution in [2.24, 2.45) is 0 Å². The minimum Gasteiger partial charge on any atom is -0.508 e. The van der Waals surface area contributed by atoms with Gasteiger partial charge < -0.3 is 10.4 Å². The van der Waals surface area contributed by atoms with E-state index in [1.165, 1.54) is 36.8 Å². The molecule has 0 aliphatic rings. The van der Waals surface area contributed by atoms with Crippen LogP contribution in [0.25, 0.3) is 0 Å². The number of unbranched alkanes of at least 4 members (excludes halogenated alkanes) is 2. The van der Waals surface area contributed by atoms with Crippen LogP contribution in [-0.2, 0) is 19.4 Å². The predicted octanol–water partition coefficient (Wildman–Crippen LogP) is 4.85. The highest BCUT2D eigenvalue weighted by atomic mass is 16.3. The predicted molar refractivity (Wildman–Crippen MR) is 97.8 cm³/mol. The number of nitrogens with one attached hydrogen (secondary N) is 1. The van der Waals surface area contributed by atoms with Crippen molar-refractivity contribution < 1.29 is 5.11 Å². The van der Waals surface area contributed by atoms with E-state index in [2.05, 4.69) is 43.4 Å². The van der Waals surface area contributed by atoms with E-state index in [0.29, 0.717) is 18.3 Å². The molecule has 0 aromatic heterocycles. The molecule has 0 aliphatic carbocycles. The summed E-state index contributed by atoms with van der Waals surface area (Å²) in [5.74, 6) is 0.364. The highest BCUT2D eigenvalue weighted by Gasteiger charge is 2.05. The average Bonchev–Trinajstić information content (AvgIpc) is 2.56. The van der Waals surface area contributed by atoms with Crippen molar-refractivity contribution in [3.05, 3.63) is 65.2 Å². The summed E-state index contributed by atoms with van der Waals surface area (Å²) < 4.78 is 0. The summed E-state index contributed by atoms with van der Waals surface area (Å²) in [4.78, 5) is 0. The van der Waals surface area contributed by atoms with Gasteiger partial charge in [-0.2, -0.15) is 0 Å². The maximum absolute atomic E-state index is 9.79. The summed E-state index contributed by atoms with van der Waals surface area (Å²) in [6.45, 7) is 5.13. The second-order valence-corrected chi connectivity index (χ2v) is 6.39. The van der Waals surface area contributed by atoms with Gasteiger partial charge in [0.2, 0.25) is 0 Å². The fraction of sp³-hybridized carbons (Fsp3) is 0.429. The van der Waals surface area contributed by atoms with Gasteiger partial charge in [0.15, 0.2) is 0 Å². The number of phenolic OH excluding ortho intramolecular Hbond substituents is 1. The second-order valence-electron chi connectivity index (χ2n) is 6.39. The highest BCUT2D eigenvalue weighted by Crippen LogP contribution is 2.16. The standard InChI is InChI=1S/C21H29NO/c1-3-4-5-8-18-11-13-19(14-12-18)15-17(2)22-16-20-9-6-7-10-21(20)23/h6-7,9-14,17,22-23H,3-5,8,15-16H2,1-2H3. The first kappa shape index (κ1) is 17.6. The van der Waals surface area contributed by atoms with Gasteiger partial charge >= 0.3 is 0 Å². The summed E-state index contributed by atoms with van der Waals surface area (Å²) in [5.41, 5.74) is 3.75. The lowest BCUT2D eigenvalue weighted by Crippen LogP contribution is -2.27.